The number of carbonyl (C=O) groups is 1. The Kier molecular flexibility index (Phi) is 4.37. The molecule has 0 saturated carbocycles. The van der Waals surface area contributed by atoms with Gasteiger partial charge in [0.1, 0.15) is 0 Å². The van der Waals surface area contributed by atoms with Crippen molar-refractivity contribution in [3.63, 3.8) is 0 Å². The summed E-state index contributed by atoms with van der Waals surface area (Å²) in [5.41, 5.74) is 3.59. The smallest absolute Gasteiger partial charge is 0.328 e. The zero-order chi connectivity index (χ0) is 17.1. The number of imidazole rings is 1. The molecule has 3 aromatic rings. The van der Waals surface area contributed by atoms with E-state index in [1.165, 1.54) is 0 Å². The first-order valence-electron chi connectivity index (χ1n) is 7.80. The second-order valence-corrected chi connectivity index (χ2v) is 5.72. The van der Waals surface area contributed by atoms with Crippen LogP contribution in [0.4, 0.5) is 10.5 Å². The maximum atomic E-state index is 11.9. The second-order valence-electron chi connectivity index (χ2n) is 5.72. The Morgan fingerprint density at radius 2 is 1.71 bits per heavy atom. The van der Waals surface area contributed by atoms with Gasteiger partial charge in [-0.1, -0.05) is 24.3 Å². The van der Waals surface area contributed by atoms with Crippen LogP contribution in [-0.4, -0.2) is 21.7 Å². The molecule has 6 nitrogen and oxygen atoms in total. The van der Waals surface area contributed by atoms with Gasteiger partial charge in [0.25, 0.3) is 0 Å². The minimum Gasteiger partial charge on any atom is -0.338 e. The zero-order valence-electron chi connectivity index (χ0n) is 13.7. The van der Waals surface area contributed by atoms with Gasteiger partial charge >= 0.3 is 11.7 Å². The van der Waals surface area contributed by atoms with E-state index in [-0.39, 0.29) is 11.7 Å². The molecule has 0 fully saturated rings. The fraction of sp³-hybridized carbons (Fsp3) is 0.222. The molecule has 0 aliphatic rings. The van der Waals surface area contributed by atoms with Crippen molar-refractivity contribution in [1.29, 1.82) is 0 Å². The Morgan fingerprint density at radius 1 is 1.00 bits per heavy atom. The molecule has 0 saturated heterocycles. The molecule has 24 heavy (non-hydrogen) atoms. The number of amides is 2. The molecule has 1 heterocycles. The minimum absolute atomic E-state index is 0.0393. The molecule has 124 valence electrons. The lowest BCUT2D eigenvalue weighted by Gasteiger charge is -2.08. The Balaban J connectivity index is 1.61. The van der Waals surface area contributed by atoms with Crippen molar-refractivity contribution >= 4 is 22.8 Å². The van der Waals surface area contributed by atoms with Crippen LogP contribution < -0.4 is 16.3 Å². The molecule has 0 atom stereocenters. The predicted molar refractivity (Wildman–Crippen MR) is 95.3 cm³/mol. The summed E-state index contributed by atoms with van der Waals surface area (Å²) in [4.78, 5) is 23.8. The first-order chi connectivity index (χ1) is 11.6. The maximum absolute atomic E-state index is 11.9. The lowest BCUT2D eigenvalue weighted by Crippen LogP contribution is -2.30. The number of aryl methyl sites for hydroxylation is 2. The average molecular weight is 324 g/mol. The van der Waals surface area contributed by atoms with Crippen LogP contribution in [0.1, 0.15) is 5.56 Å². The number of nitrogens with zero attached hydrogens (tertiary/aromatic N) is 2. The Bertz CT molecular complexity index is 925. The number of hydrogen-bond donors (Lipinski definition) is 2. The molecule has 0 bridgehead atoms. The van der Waals surface area contributed by atoms with E-state index in [1.54, 1.807) is 23.2 Å². The van der Waals surface area contributed by atoms with Gasteiger partial charge in [0.2, 0.25) is 0 Å². The number of rotatable bonds is 4. The molecule has 6 heteroatoms. The van der Waals surface area contributed by atoms with Crippen LogP contribution in [0.3, 0.4) is 0 Å². The highest BCUT2D eigenvalue weighted by Crippen LogP contribution is 2.14. The largest absolute Gasteiger partial charge is 0.338 e. The van der Waals surface area contributed by atoms with Gasteiger partial charge in [0, 0.05) is 26.3 Å². The molecular formula is C18H20N4O2. The molecule has 0 unspecified atom stereocenters. The van der Waals surface area contributed by atoms with Crippen LogP contribution in [0.2, 0.25) is 0 Å². The van der Waals surface area contributed by atoms with E-state index < -0.39 is 0 Å². The third kappa shape index (κ3) is 3.17. The highest BCUT2D eigenvalue weighted by molar-refractivity contribution is 5.89. The van der Waals surface area contributed by atoms with Gasteiger partial charge in [-0.25, -0.2) is 9.59 Å². The van der Waals surface area contributed by atoms with Gasteiger partial charge in [-0.15, -0.1) is 0 Å². The van der Waals surface area contributed by atoms with E-state index in [9.17, 15) is 9.59 Å². The molecule has 2 amide bonds. The van der Waals surface area contributed by atoms with Gasteiger partial charge in [-0.2, -0.15) is 0 Å². The SMILES string of the molecule is Cn1c(=O)n(C)c2cc(CCNC(=O)Nc3ccccc3)ccc21. The van der Waals surface area contributed by atoms with Crippen LogP contribution in [0, 0.1) is 0 Å². The molecule has 0 aliphatic carbocycles. The number of urea groups is 1. The van der Waals surface area contributed by atoms with E-state index >= 15 is 0 Å². The topological polar surface area (TPSA) is 68.1 Å². The number of para-hydroxylation sites is 1. The number of anilines is 1. The van der Waals surface area contributed by atoms with E-state index in [1.807, 2.05) is 48.5 Å². The summed E-state index contributed by atoms with van der Waals surface area (Å²) in [6, 6.07) is 15.0. The highest BCUT2D eigenvalue weighted by atomic mass is 16.2. The lowest BCUT2D eigenvalue weighted by molar-refractivity contribution is 0.252. The predicted octanol–water partition coefficient (Wildman–Crippen LogP) is 2.24. The van der Waals surface area contributed by atoms with Crippen LogP contribution >= 0.6 is 0 Å². The molecule has 2 N–H and O–H groups in total. The zero-order valence-corrected chi connectivity index (χ0v) is 13.7. The van der Waals surface area contributed by atoms with Crippen molar-refractivity contribution in [3.8, 4) is 0 Å². The van der Waals surface area contributed by atoms with E-state index in [0.717, 1.165) is 22.3 Å². The van der Waals surface area contributed by atoms with Gasteiger partial charge in [-0.05, 0) is 36.2 Å². The molecule has 3 rings (SSSR count). The van der Waals surface area contributed by atoms with E-state index in [2.05, 4.69) is 10.6 Å². The first kappa shape index (κ1) is 15.9. The van der Waals surface area contributed by atoms with Crippen molar-refractivity contribution in [3.05, 3.63) is 64.6 Å². The quantitative estimate of drug-likeness (QED) is 0.773. The fourth-order valence-corrected chi connectivity index (χ4v) is 2.73. The van der Waals surface area contributed by atoms with Crippen molar-refractivity contribution in [1.82, 2.24) is 14.5 Å². The number of hydrogen-bond acceptors (Lipinski definition) is 2. The van der Waals surface area contributed by atoms with E-state index in [0.29, 0.717) is 13.0 Å². The average Bonchev–Trinajstić information content (AvgIpc) is 2.80. The number of fused-ring (bicyclic) bond motifs is 1. The fourth-order valence-electron chi connectivity index (χ4n) is 2.73. The third-order valence-electron chi connectivity index (χ3n) is 4.07. The first-order valence-corrected chi connectivity index (χ1v) is 7.80. The molecule has 0 spiro atoms. The lowest BCUT2D eigenvalue weighted by atomic mass is 10.1. The number of aromatic nitrogens is 2. The second kappa shape index (κ2) is 6.62. The number of nitrogens with one attached hydrogen (secondary N) is 2. The van der Waals surface area contributed by atoms with Gasteiger partial charge < -0.3 is 10.6 Å². The van der Waals surface area contributed by atoms with Crippen molar-refractivity contribution in [2.75, 3.05) is 11.9 Å². The summed E-state index contributed by atoms with van der Waals surface area (Å²) in [7, 11) is 3.53. The highest BCUT2D eigenvalue weighted by Gasteiger charge is 2.08. The molecule has 1 aromatic heterocycles. The van der Waals surface area contributed by atoms with Crippen LogP contribution in [0.15, 0.2) is 53.3 Å². The van der Waals surface area contributed by atoms with Crippen molar-refractivity contribution in [2.24, 2.45) is 14.1 Å². The third-order valence-corrected chi connectivity index (χ3v) is 4.07. The monoisotopic (exact) mass is 324 g/mol. The van der Waals surface area contributed by atoms with Crippen LogP contribution in [0.5, 0.6) is 0 Å². The molecule has 0 radical (unpaired) electrons. The number of benzene rings is 2. The summed E-state index contributed by atoms with van der Waals surface area (Å²) in [6.07, 6.45) is 0.696. The standard InChI is InChI=1S/C18H20N4O2/c1-21-15-9-8-13(12-16(15)22(2)18(21)24)10-11-19-17(23)20-14-6-4-3-5-7-14/h3-9,12H,10-11H2,1-2H3,(H2,19,20,23). The maximum Gasteiger partial charge on any atom is 0.328 e. The Morgan fingerprint density at radius 3 is 2.46 bits per heavy atom. The van der Waals surface area contributed by atoms with E-state index in [4.69, 9.17) is 0 Å². The summed E-state index contributed by atoms with van der Waals surface area (Å²) in [5.74, 6) is 0. The summed E-state index contributed by atoms with van der Waals surface area (Å²) in [6.45, 7) is 0.519. The van der Waals surface area contributed by atoms with Gasteiger partial charge in [-0.3, -0.25) is 9.13 Å². The Hall–Kier alpha value is -3.02. The summed E-state index contributed by atoms with van der Waals surface area (Å²) < 4.78 is 3.26. The van der Waals surface area contributed by atoms with Crippen LogP contribution in [0.25, 0.3) is 11.0 Å². The summed E-state index contributed by atoms with van der Waals surface area (Å²) in [5, 5.41) is 5.61. The van der Waals surface area contributed by atoms with Gasteiger partial charge in [0.05, 0.1) is 11.0 Å². The minimum atomic E-state index is -0.227. The van der Waals surface area contributed by atoms with Crippen molar-refractivity contribution < 1.29 is 4.79 Å². The molecule has 0 aliphatic heterocycles. The molecular weight excluding hydrogens is 304 g/mol. The normalized spacial score (nSPS) is 10.8. The Labute approximate surface area is 139 Å². The van der Waals surface area contributed by atoms with Gasteiger partial charge in [0.15, 0.2) is 0 Å². The van der Waals surface area contributed by atoms with Crippen molar-refractivity contribution in [2.45, 2.75) is 6.42 Å². The van der Waals surface area contributed by atoms with Crippen LogP contribution in [-0.2, 0) is 20.5 Å². The summed E-state index contributed by atoms with van der Waals surface area (Å²) >= 11 is 0. The molecule has 2 aromatic carbocycles. The number of carbonyl (C=O) groups excluding carboxylic acids is 1.